The third-order valence-corrected chi connectivity index (χ3v) is 3.05. The molecule has 0 bridgehead atoms. The minimum Gasteiger partial charge on any atom is -0.352 e. The molecule has 0 amide bonds. The Balaban J connectivity index is 2.19. The van der Waals surface area contributed by atoms with Crippen LogP contribution in [0.1, 0.15) is 5.56 Å². The molecule has 0 unspecified atom stereocenters. The summed E-state index contributed by atoms with van der Waals surface area (Å²) in [7, 11) is 2.11. The van der Waals surface area contributed by atoms with Gasteiger partial charge in [-0.2, -0.15) is 0 Å². The van der Waals surface area contributed by atoms with Gasteiger partial charge in [0.15, 0.2) is 0 Å². The lowest BCUT2D eigenvalue weighted by atomic mass is 10.1. The Morgan fingerprint density at radius 3 is 2.56 bits per heavy atom. The zero-order valence-electron chi connectivity index (χ0n) is 9.49. The highest BCUT2D eigenvalue weighted by Crippen LogP contribution is 2.42. The summed E-state index contributed by atoms with van der Waals surface area (Å²) in [6.07, 6.45) is 0. The van der Waals surface area contributed by atoms with Crippen molar-refractivity contribution < 1.29 is 0 Å². The van der Waals surface area contributed by atoms with Gasteiger partial charge in [-0.25, -0.2) is 0 Å². The van der Waals surface area contributed by atoms with Gasteiger partial charge < -0.3 is 10.2 Å². The van der Waals surface area contributed by atoms with Crippen molar-refractivity contribution >= 4 is 22.7 Å². The fourth-order valence-corrected chi connectivity index (χ4v) is 2.17. The van der Waals surface area contributed by atoms with Gasteiger partial charge in [-0.15, -0.1) is 0 Å². The van der Waals surface area contributed by atoms with E-state index >= 15 is 0 Å². The summed E-state index contributed by atoms with van der Waals surface area (Å²) < 4.78 is 0. The third-order valence-electron chi connectivity index (χ3n) is 3.05. The van der Waals surface area contributed by atoms with Gasteiger partial charge in [0.05, 0.1) is 22.7 Å². The number of hydrogen-bond acceptors (Lipinski definition) is 2. The van der Waals surface area contributed by atoms with Crippen molar-refractivity contribution in [3.63, 3.8) is 0 Å². The number of nitrogens with zero attached hydrogens (tertiary/aromatic N) is 1. The standard InChI is InChI=1S/C14H14N2/c1-10-7-8-12-14(9-10)16(2)13-6-4-3-5-11(13)15-12/h3-9,15H,1-2H3. The van der Waals surface area contributed by atoms with E-state index in [2.05, 4.69) is 66.7 Å². The molecule has 0 radical (unpaired) electrons. The summed E-state index contributed by atoms with van der Waals surface area (Å²) in [5.74, 6) is 0. The molecule has 2 aromatic rings. The summed E-state index contributed by atoms with van der Waals surface area (Å²) in [5.41, 5.74) is 6.08. The maximum absolute atomic E-state index is 3.46. The number of nitrogens with one attached hydrogen (secondary N) is 1. The van der Waals surface area contributed by atoms with Gasteiger partial charge in [-0.1, -0.05) is 18.2 Å². The lowest BCUT2D eigenvalue weighted by Crippen LogP contribution is -2.17. The van der Waals surface area contributed by atoms with Crippen molar-refractivity contribution in [2.24, 2.45) is 0 Å². The Bertz CT molecular complexity index is 546. The van der Waals surface area contributed by atoms with E-state index in [1.54, 1.807) is 0 Å². The molecule has 1 aliphatic heterocycles. The van der Waals surface area contributed by atoms with Gasteiger partial charge in [0.25, 0.3) is 0 Å². The molecular weight excluding hydrogens is 196 g/mol. The molecule has 0 atom stereocenters. The van der Waals surface area contributed by atoms with Crippen LogP contribution in [0, 0.1) is 6.92 Å². The number of para-hydroxylation sites is 2. The first-order chi connectivity index (χ1) is 7.75. The van der Waals surface area contributed by atoms with E-state index in [1.807, 2.05) is 0 Å². The Morgan fingerprint density at radius 1 is 0.938 bits per heavy atom. The molecule has 2 aromatic carbocycles. The largest absolute Gasteiger partial charge is 0.352 e. The van der Waals surface area contributed by atoms with Crippen molar-refractivity contribution in [1.82, 2.24) is 0 Å². The van der Waals surface area contributed by atoms with E-state index in [-0.39, 0.29) is 0 Å². The topological polar surface area (TPSA) is 15.3 Å². The smallest absolute Gasteiger partial charge is 0.0650 e. The molecule has 1 heterocycles. The normalized spacial score (nSPS) is 12.8. The van der Waals surface area contributed by atoms with E-state index < -0.39 is 0 Å². The highest BCUT2D eigenvalue weighted by molar-refractivity contribution is 5.91. The number of aryl methyl sites for hydroxylation is 1. The molecule has 0 spiro atoms. The summed E-state index contributed by atoms with van der Waals surface area (Å²) in [4.78, 5) is 2.23. The van der Waals surface area contributed by atoms with Crippen LogP contribution in [0.5, 0.6) is 0 Å². The molecule has 0 aromatic heterocycles. The molecule has 1 aliphatic rings. The Morgan fingerprint density at radius 2 is 1.69 bits per heavy atom. The monoisotopic (exact) mass is 210 g/mol. The molecule has 3 rings (SSSR count). The van der Waals surface area contributed by atoms with Gasteiger partial charge >= 0.3 is 0 Å². The second-order valence-corrected chi connectivity index (χ2v) is 4.22. The predicted octanol–water partition coefficient (Wildman–Crippen LogP) is 3.82. The molecule has 80 valence electrons. The van der Waals surface area contributed by atoms with Crippen molar-refractivity contribution in [3.8, 4) is 0 Å². The molecule has 1 N–H and O–H groups in total. The second kappa shape index (κ2) is 3.27. The minimum absolute atomic E-state index is 1.17. The van der Waals surface area contributed by atoms with Crippen LogP contribution >= 0.6 is 0 Å². The van der Waals surface area contributed by atoms with Crippen LogP contribution in [-0.2, 0) is 0 Å². The fraction of sp³-hybridized carbons (Fsp3) is 0.143. The lowest BCUT2D eigenvalue weighted by molar-refractivity contribution is 1.18. The second-order valence-electron chi connectivity index (χ2n) is 4.22. The van der Waals surface area contributed by atoms with Crippen molar-refractivity contribution in [1.29, 1.82) is 0 Å². The maximum Gasteiger partial charge on any atom is 0.0650 e. The molecule has 0 aliphatic carbocycles. The van der Waals surface area contributed by atoms with Crippen LogP contribution in [0.4, 0.5) is 22.7 Å². The van der Waals surface area contributed by atoms with Crippen molar-refractivity contribution in [3.05, 3.63) is 48.0 Å². The van der Waals surface area contributed by atoms with E-state index in [1.165, 1.54) is 28.3 Å². The fourth-order valence-electron chi connectivity index (χ4n) is 2.17. The van der Waals surface area contributed by atoms with Crippen molar-refractivity contribution in [2.75, 3.05) is 17.3 Å². The molecule has 0 saturated heterocycles. The van der Waals surface area contributed by atoms with Crippen LogP contribution in [0.15, 0.2) is 42.5 Å². The van der Waals surface area contributed by atoms with Gasteiger partial charge in [0.1, 0.15) is 0 Å². The summed E-state index contributed by atoms with van der Waals surface area (Å²) in [6, 6.07) is 14.8. The lowest BCUT2D eigenvalue weighted by Gasteiger charge is -2.31. The Kier molecular flexibility index (Phi) is 1.90. The maximum atomic E-state index is 3.46. The molecular formula is C14H14N2. The highest BCUT2D eigenvalue weighted by Gasteiger charge is 2.18. The molecule has 0 saturated carbocycles. The van der Waals surface area contributed by atoms with Gasteiger partial charge in [-0.05, 0) is 36.8 Å². The average molecular weight is 210 g/mol. The minimum atomic E-state index is 1.17. The summed E-state index contributed by atoms with van der Waals surface area (Å²) in [6.45, 7) is 2.12. The van der Waals surface area contributed by atoms with Crippen LogP contribution in [-0.4, -0.2) is 7.05 Å². The first-order valence-corrected chi connectivity index (χ1v) is 5.46. The van der Waals surface area contributed by atoms with Crippen LogP contribution < -0.4 is 10.2 Å². The SMILES string of the molecule is Cc1ccc2c(c1)N(C)c1ccccc1N2. The number of benzene rings is 2. The molecule has 0 fully saturated rings. The number of hydrogen-bond donors (Lipinski definition) is 1. The Hall–Kier alpha value is -1.96. The van der Waals surface area contributed by atoms with Gasteiger partial charge in [0.2, 0.25) is 0 Å². The highest BCUT2D eigenvalue weighted by atomic mass is 15.2. The van der Waals surface area contributed by atoms with E-state index in [9.17, 15) is 0 Å². The van der Waals surface area contributed by atoms with Crippen molar-refractivity contribution in [2.45, 2.75) is 6.92 Å². The zero-order chi connectivity index (χ0) is 11.1. The predicted molar refractivity (Wildman–Crippen MR) is 69.0 cm³/mol. The zero-order valence-corrected chi connectivity index (χ0v) is 9.49. The molecule has 2 heteroatoms. The quantitative estimate of drug-likeness (QED) is 0.711. The van der Waals surface area contributed by atoms with E-state index in [0.717, 1.165) is 0 Å². The molecule has 2 nitrogen and oxygen atoms in total. The third kappa shape index (κ3) is 1.27. The number of fused-ring (bicyclic) bond motifs is 2. The summed E-state index contributed by atoms with van der Waals surface area (Å²) >= 11 is 0. The van der Waals surface area contributed by atoms with Gasteiger partial charge in [-0.3, -0.25) is 0 Å². The number of anilines is 4. The van der Waals surface area contributed by atoms with E-state index in [4.69, 9.17) is 0 Å². The average Bonchev–Trinajstić information content (AvgIpc) is 2.31. The first-order valence-electron chi connectivity index (χ1n) is 5.46. The van der Waals surface area contributed by atoms with Crippen LogP contribution in [0.3, 0.4) is 0 Å². The van der Waals surface area contributed by atoms with Crippen LogP contribution in [0.25, 0.3) is 0 Å². The van der Waals surface area contributed by atoms with E-state index in [0.29, 0.717) is 0 Å². The van der Waals surface area contributed by atoms with Crippen LogP contribution in [0.2, 0.25) is 0 Å². The Labute approximate surface area is 95.5 Å². The number of rotatable bonds is 0. The van der Waals surface area contributed by atoms with Gasteiger partial charge in [0, 0.05) is 7.05 Å². The summed E-state index contributed by atoms with van der Waals surface area (Å²) in [5, 5.41) is 3.46. The molecule has 16 heavy (non-hydrogen) atoms. The first kappa shape index (κ1) is 9.28.